The minimum absolute atomic E-state index is 0. The van der Waals surface area contributed by atoms with Gasteiger partial charge in [0.15, 0.2) is 0 Å². The summed E-state index contributed by atoms with van der Waals surface area (Å²) < 4.78 is 1.09. The lowest BCUT2D eigenvalue weighted by molar-refractivity contribution is -0.890. The lowest BCUT2D eigenvalue weighted by atomic mass is 10.1. The van der Waals surface area contributed by atoms with Crippen LogP contribution in [0.1, 0.15) is 97.3 Å². The van der Waals surface area contributed by atoms with Gasteiger partial charge in [0.05, 0.1) is 32.6 Å². The van der Waals surface area contributed by atoms with E-state index < -0.39 is 0 Å². The van der Waals surface area contributed by atoms with E-state index in [2.05, 4.69) is 27.9 Å². The van der Waals surface area contributed by atoms with Gasteiger partial charge in [0, 0.05) is 0 Å². The molecule has 0 heterocycles. The standard InChI is InChI=1S/C20H43ClN.BrH/c1-5-7-9-10-11-12-13-14-15-16-18-22(3,4)19-20(21)17-8-6-2;/h20H,5-19H2,1-4H3;1H/q+1;/p-1. The predicted octanol–water partition coefficient (Wildman–Crippen LogP) is 3.79. The maximum Gasteiger partial charge on any atom is 0.0948 e. The van der Waals surface area contributed by atoms with E-state index in [1.807, 2.05) is 0 Å². The average Bonchev–Trinajstić information content (AvgIpc) is 2.46. The Bertz CT molecular complexity index is 234. The smallest absolute Gasteiger partial charge is 0.0948 e. The van der Waals surface area contributed by atoms with Crippen molar-refractivity contribution in [1.82, 2.24) is 0 Å². The van der Waals surface area contributed by atoms with Crippen LogP contribution in [0.25, 0.3) is 0 Å². The monoisotopic (exact) mass is 411 g/mol. The fourth-order valence-corrected chi connectivity index (χ4v) is 3.70. The zero-order valence-corrected chi connectivity index (χ0v) is 18.7. The molecule has 0 aliphatic rings. The second-order valence-corrected chi connectivity index (χ2v) is 8.38. The molecule has 0 bridgehead atoms. The summed E-state index contributed by atoms with van der Waals surface area (Å²) in [6.07, 6.45) is 17.9. The third kappa shape index (κ3) is 18.9. The molecule has 142 valence electrons. The maximum absolute atomic E-state index is 6.46. The highest BCUT2D eigenvalue weighted by molar-refractivity contribution is 6.20. The van der Waals surface area contributed by atoms with E-state index in [1.54, 1.807) is 0 Å². The van der Waals surface area contributed by atoms with E-state index in [9.17, 15) is 0 Å². The number of unbranched alkanes of at least 4 members (excludes halogenated alkanes) is 10. The van der Waals surface area contributed by atoms with E-state index in [-0.39, 0.29) is 17.0 Å². The van der Waals surface area contributed by atoms with E-state index in [4.69, 9.17) is 11.6 Å². The Morgan fingerprint density at radius 2 is 1.13 bits per heavy atom. The molecular formula is C20H43BrClN. The first-order valence-electron chi connectivity index (χ1n) is 9.98. The van der Waals surface area contributed by atoms with Gasteiger partial charge < -0.3 is 21.5 Å². The lowest BCUT2D eigenvalue weighted by Gasteiger charge is -2.31. The van der Waals surface area contributed by atoms with Crippen LogP contribution in [0, 0.1) is 0 Å². The number of quaternary nitrogens is 1. The molecule has 0 aliphatic carbocycles. The Morgan fingerprint density at radius 1 is 0.696 bits per heavy atom. The Kier molecular flexibility index (Phi) is 19.8. The number of hydrogen-bond donors (Lipinski definition) is 0. The molecule has 0 spiro atoms. The molecule has 0 aromatic heterocycles. The summed E-state index contributed by atoms with van der Waals surface area (Å²) in [5.41, 5.74) is 0. The summed E-state index contributed by atoms with van der Waals surface area (Å²) in [6.45, 7) is 6.94. The van der Waals surface area contributed by atoms with Crippen molar-refractivity contribution in [3.05, 3.63) is 0 Å². The van der Waals surface area contributed by atoms with Gasteiger partial charge in [0.1, 0.15) is 0 Å². The van der Waals surface area contributed by atoms with Crippen molar-refractivity contribution in [2.75, 3.05) is 27.2 Å². The number of nitrogens with zero attached hydrogens (tertiary/aromatic N) is 1. The summed E-state index contributed by atoms with van der Waals surface area (Å²) in [7, 11) is 4.68. The van der Waals surface area contributed by atoms with Gasteiger partial charge in [-0.15, -0.1) is 11.6 Å². The predicted molar refractivity (Wildman–Crippen MR) is 103 cm³/mol. The Labute approximate surface area is 162 Å². The van der Waals surface area contributed by atoms with Gasteiger partial charge in [-0.25, -0.2) is 0 Å². The molecule has 0 rings (SSSR count). The van der Waals surface area contributed by atoms with Crippen LogP contribution in [-0.2, 0) is 0 Å². The van der Waals surface area contributed by atoms with Gasteiger partial charge in [-0.3, -0.25) is 0 Å². The van der Waals surface area contributed by atoms with Crippen molar-refractivity contribution < 1.29 is 21.5 Å². The average molecular weight is 413 g/mol. The quantitative estimate of drug-likeness (QED) is 0.205. The lowest BCUT2D eigenvalue weighted by Crippen LogP contribution is -3.00. The SMILES string of the molecule is CCCCCCCCCCCC[N+](C)(C)CC(Cl)CCCC.[Br-]. The van der Waals surface area contributed by atoms with E-state index in [0.717, 1.165) is 11.0 Å². The van der Waals surface area contributed by atoms with Crippen molar-refractivity contribution in [2.24, 2.45) is 0 Å². The second kappa shape index (κ2) is 17.5. The minimum Gasteiger partial charge on any atom is -1.00 e. The van der Waals surface area contributed by atoms with Crippen LogP contribution in [0.5, 0.6) is 0 Å². The van der Waals surface area contributed by atoms with E-state index >= 15 is 0 Å². The highest BCUT2D eigenvalue weighted by Gasteiger charge is 2.19. The minimum atomic E-state index is 0. The summed E-state index contributed by atoms with van der Waals surface area (Å²) >= 11 is 6.46. The molecule has 0 amide bonds. The molecule has 0 saturated heterocycles. The third-order valence-electron chi connectivity index (χ3n) is 4.68. The van der Waals surface area contributed by atoms with Crippen LogP contribution >= 0.6 is 11.6 Å². The first kappa shape index (κ1) is 26.0. The van der Waals surface area contributed by atoms with Crippen LogP contribution in [-0.4, -0.2) is 37.0 Å². The van der Waals surface area contributed by atoms with Crippen LogP contribution in [0.3, 0.4) is 0 Å². The number of hydrogen-bond acceptors (Lipinski definition) is 0. The molecular weight excluding hydrogens is 370 g/mol. The molecule has 1 atom stereocenters. The first-order valence-corrected chi connectivity index (χ1v) is 10.4. The number of alkyl halides is 1. The van der Waals surface area contributed by atoms with Crippen molar-refractivity contribution in [3.63, 3.8) is 0 Å². The largest absolute Gasteiger partial charge is 1.00 e. The molecule has 0 fully saturated rings. The summed E-state index contributed by atoms with van der Waals surface area (Å²) in [4.78, 5) is 0. The van der Waals surface area contributed by atoms with Gasteiger partial charge in [0.2, 0.25) is 0 Å². The molecule has 0 aliphatic heterocycles. The van der Waals surface area contributed by atoms with Crippen molar-refractivity contribution >= 4 is 11.6 Å². The topological polar surface area (TPSA) is 0 Å². The highest BCUT2D eigenvalue weighted by atomic mass is 79.9. The van der Waals surface area contributed by atoms with Gasteiger partial charge in [-0.2, -0.15) is 0 Å². The zero-order chi connectivity index (χ0) is 16.7. The normalized spacial score (nSPS) is 12.9. The molecule has 1 nitrogen and oxygen atoms in total. The molecule has 3 heteroatoms. The Balaban J connectivity index is 0. The zero-order valence-electron chi connectivity index (χ0n) is 16.4. The summed E-state index contributed by atoms with van der Waals surface area (Å²) in [5.74, 6) is 0. The second-order valence-electron chi connectivity index (χ2n) is 7.76. The fourth-order valence-electron chi connectivity index (χ4n) is 3.17. The van der Waals surface area contributed by atoms with Gasteiger partial charge in [-0.05, 0) is 19.3 Å². The van der Waals surface area contributed by atoms with Crippen LogP contribution in [0.4, 0.5) is 0 Å². The molecule has 23 heavy (non-hydrogen) atoms. The molecule has 1 unspecified atom stereocenters. The fraction of sp³-hybridized carbons (Fsp3) is 1.00. The van der Waals surface area contributed by atoms with E-state index in [0.29, 0.717) is 5.38 Å². The number of rotatable bonds is 16. The summed E-state index contributed by atoms with van der Waals surface area (Å²) in [6, 6.07) is 0. The Morgan fingerprint density at radius 3 is 1.61 bits per heavy atom. The van der Waals surface area contributed by atoms with Gasteiger partial charge in [-0.1, -0.05) is 78.1 Å². The van der Waals surface area contributed by atoms with E-state index in [1.165, 1.54) is 90.0 Å². The molecule has 0 aromatic rings. The maximum atomic E-state index is 6.46. The van der Waals surface area contributed by atoms with Crippen molar-refractivity contribution in [2.45, 2.75) is 103 Å². The highest BCUT2D eigenvalue weighted by Crippen LogP contribution is 2.15. The van der Waals surface area contributed by atoms with Gasteiger partial charge in [0.25, 0.3) is 0 Å². The van der Waals surface area contributed by atoms with Crippen LogP contribution < -0.4 is 17.0 Å². The van der Waals surface area contributed by atoms with Crippen LogP contribution in [0.15, 0.2) is 0 Å². The van der Waals surface area contributed by atoms with Crippen LogP contribution in [0.2, 0.25) is 0 Å². The molecule has 0 aromatic carbocycles. The third-order valence-corrected chi connectivity index (χ3v) is 5.04. The van der Waals surface area contributed by atoms with Crippen molar-refractivity contribution in [3.8, 4) is 0 Å². The first-order chi connectivity index (χ1) is 10.5. The van der Waals surface area contributed by atoms with Gasteiger partial charge >= 0.3 is 0 Å². The Hall–Kier alpha value is 0.730. The molecule has 0 radical (unpaired) electrons. The molecule has 0 saturated carbocycles. The van der Waals surface area contributed by atoms with Crippen molar-refractivity contribution in [1.29, 1.82) is 0 Å². The summed E-state index contributed by atoms with van der Waals surface area (Å²) in [5, 5.41) is 0.359. The molecule has 0 N–H and O–H groups in total. The number of halogens is 2.